The van der Waals surface area contributed by atoms with Crippen molar-refractivity contribution in [3.05, 3.63) is 34.2 Å². The fourth-order valence-corrected chi connectivity index (χ4v) is 5.15. The molecule has 2 saturated heterocycles. The Kier molecular flexibility index (Phi) is 6.06. The summed E-state index contributed by atoms with van der Waals surface area (Å²) in [6.07, 6.45) is 3.17. The van der Waals surface area contributed by atoms with Gasteiger partial charge in [-0.15, -0.1) is 0 Å². The average molecular weight is 464 g/mol. The quantitative estimate of drug-likeness (QED) is 0.607. The van der Waals surface area contributed by atoms with E-state index in [-0.39, 0.29) is 42.5 Å². The number of aryl methyl sites for hydroxylation is 1. The second kappa shape index (κ2) is 8.68. The molecule has 4 unspecified atom stereocenters. The highest BCUT2D eigenvalue weighted by atomic mass is 19.3. The molecule has 3 heterocycles. The molecule has 9 nitrogen and oxygen atoms in total. The number of halogens is 2. The van der Waals surface area contributed by atoms with E-state index in [1.807, 2.05) is 0 Å². The molecular formula is C22H26F2N4O5. The number of rotatable bonds is 5. The smallest absolute Gasteiger partial charge is 0.350 e. The van der Waals surface area contributed by atoms with Gasteiger partial charge in [0.15, 0.2) is 0 Å². The molecule has 0 radical (unpaired) electrons. The number of likely N-dealkylation sites (tertiary alicyclic amines) is 1. The van der Waals surface area contributed by atoms with Gasteiger partial charge in [0.1, 0.15) is 6.04 Å². The zero-order valence-electron chi connectivity index (χ0n) is 18.2. The summed E-state index contributed by atoms with van der Waals surface area (Å²) >= 11 is 0. The third-order valence-electron chi connectivity index (χ3n) is 6.99. The molecule has 11 heteroatoms. The number of piperidine rings is 1. The van der Waals surface area contributed by atoms with E-state index in [0.717, 1.165) is 22.9 Å². The summed E-state index contributed by atoms with van der Waals surface area (Å²) in [5.74, 6) is -6.44. The summed E-state index contributed by atoms with van der Waals surface area (Å²) in [5.41, 5.74) is -1.02. The van der Waals surface area contributed by atoms with Gasteiger partial charge in [-0.25, -0.2) is 0 Å². The molecule has 2 N–H and O–H groups in total. The molecular weight excluding hydrogens is 438 g/mol. The standard InChI is InChI=1S/C22H26F2N4O5/c1-27-11-14(3-7-18(27)30)22(23,24)21(33)25-9-12-2-4-15-13(8-12)10-28(20(15)32)16-5-6-17(29)26-19(16)31/h3,7,11-13,15-16H,2,4-6,8-10H2,1H3,(H,25,33)(H,26,29,31). The fraction of sp³-hybridized carbons (Fsp3) is 0.591. The predicted molar refractivity (Wildman–Crippen MR) is 111 cm³/mol. The van der Waals surface area contributed by atoms with Crippen LogP contribution in [0.4, 0.5) is 8.78 Å². The van der Waals surface area contributed by atoms with Crippen molar-refractivity contribution >= 4 is 23.6 Å². The molecule has 0 bridgehead atoms. The zero-order chi connectivity index (χ0) is 23.9. The molecule has 2 aliphatic heterocycles. The molecule has 4 atom stereocenters. The number of alkyl halides is 2. The van der Waals surface area contributed by atoms with Crippen LogP contribution in [-0.4, -0.2) is 52.2 Å². The van der Waals surface area contributed by atoms with E-state index < -0.39 is 34.9 Å². The second-order valence-electron chi connectivity index (χ2n) is 9.15. The molecule has 178 valence electrons. The highest BCUT2D eigenvalue weighted by Gasteiger charge is 2.48. The lowest BCUT2D eigenvalue weighted by molar-refractivity contribution is -0.147. The topological polar surface area (TPSA) is 118 Å². The summed E-state index contributed by atoms with van der Waals surface area (Å²) < 4.78 is 30.1. The molecule has 1 aliphatic carbocycles. The second-order valence-corrected chi connectivity index (χ2v) is 9.15. The largest absolute Gasteiger partial charge is 0.351 e. The summed E-state index contributed by atoms with van der Waals surface area (Å²) in [6, 6.07) is 1.28. The Balaban J connectivity index is 1.34. The summed E-state index contributed by atoms with van der Waals surface area (Å²) in [4.78, 5) is 61.6. The van der Waals surface area contributed by atoms with Gasteiger partial charge in [0, 0.05) is 50.3 Å². The van der Waals surface area contributed by atoms with Crippen LogP contribution >= 0.6 is 0 Å². The van der Waals surface area contributed by atoms with Gasteiger partial charge in [-0.05, 0) is 43.6 Å². The summed E-state index contributed by atoms with van der Waals surface area (Å²) in [5, 5.41) is 4.60. The lowest BCUT2D eigenvalue weighted by atomic mass is 9.75. The summed E-state index contributed by atoms with van der Waals surface area (Å²) in [7, 11) is 1.33. The van der Waals surface area contributed by atoms with E-state index in [0.29, 0.717) is 32.2 Å². The van der Waals surface area contributed by atoms with Gasteiger partial charge in [-0.3, -0.25) is 29.3 Å². The fourth-order valence-electron chi connectivity index (χ4n) is 5.15. The lowest BCUT2D eigenvalue weighted by Gasteiger charge is -2.30. The van der Waals surface area contributed by atoms with Crippen molar-refractivity contribution in [3.63, 3.8) is 0 Å². The molecule has 3 aliphatic rings. The van der Waals surface area contributed by atoms with Gasteiger partial charge >= 0.3 is 5.92 Å². The number of carbonyl (C=O) groups excluding carboxylic acids is 4. The van der Waals surface area contributed by atoms with Gasteiger partial charge in [0.2, 0.25) is 23.3 Å². The minimum Gasteiger partial charge on any atom is -0.350 e. The maximum atomic E-state index is 14.6. The maximum Gasteiger partial charge on any atom is 0.351 e. The number of fused-ring (bicyclic) bond motifs is 1. The van der Waals surface area contributed by atoms with Crippen molar-refractivity contribution < 1.29 is 28.0 Å². The first-order valence-electron chi connectivity index (χ1n) is 11.1. The molecule has 0 spiro atoms. The van der Waals surface area contributed by atoms with Crippen molar-refractivity contribution in [2.75, 3.05) is 13.1 Å². The highest BCUT2D eigenvalue weighted by molar-refractivity contribution is 6.02. The lowest BCUT2D eigenvalue weighted by Crippen LogP contribution is -2.53. The first kappa shape index (κ1) is 23.1. The van der Waals surface area contributed by atoms with E-state index in [1.165, 1.54) is 7.05 Å². The van der Waals surface area contributed by atoms with Crippen LogP contribution in [0, 0.1) is 17.8 Å². The minimum absolute atomic E-state index is 0.0252. The van der Waals surface area contributed by atoms with Crippen LogP contribution in [0.25, 0.3) is 0 Å². The molecule has 3 fully saturated rings. The van der Waals surface area contributed by atoms with Crippen molar-refractivity contribution in [2.45, 2.75) is 44.1 Å². The minimum atomic E-state index is -3.78. The molecule has 33 heavy (non-hydrogen) atoms. The van der Waals surface area contributed by atoms with Crippen molar-refractivity contribution in [2.24, 2.45) is 24.8 Å². The Hall–Kier alpha value is -3.11. The maximum absolute atomic E-state index is 14.6. The number of imide groups is 1. The number of aromatic nitrogens is 1. The molecule has 4 amide bonds. The Morgan fingerprint density at radius 1 is 1.18 bits per heavy atom. The number of hydrogen-bond donors (Lipinski definition) is 2. The number of carbonyl (C=O) groups is 4. The monoisotopic (exact) mass is 464 g/mol. The van der Waals surface area contributed by atoms with Crippen LogP contribution in [0.5, 0.6) is 0 Å². The molecule has 4 rings (SSSR count). The Morgan fingerprint density at radius 2 is 1.94 bits per heavy atom. The molecule has 0 aromatic carbocycles. The number of nitrogens with zero attached hydrogens (tertiary/aromatic N) is 2. The van der Waals surface area contributed by atoms with Crippen LogP contribution in [-0.2, 0) is 32.1 Å². The van der Waals surface area contributed by atoms with Gasteiger partial charge in [0.25, 0.3) is 5.91 Å². The van der Waals surface area contributed by atoms with Crippen LogP contribution in [0.1, 0.15) is 37.7 Å². The third-order valence-corrected chi connectivity index (χ3v) is 6.99. The van der Waals surface area contributed by atoms with E-state index in [4.69, 9.17) is 0 Å². The normalized spacial score (nSPS) is 27.8. The van der Waals surface area contributed by atoms with Crippen LogP contribution < -0.4 is 16.2 Å². The number of pyridine rings is 1. The van der Waals surface area contributed by atoms with Crippen LogP contribution in [0.2, 0.25) is 0 Å². The third kappa shape index (κ3) is 4.40. The Morgan fingerprint density at radius 3 is 2.64 bits per heavy atom. The van der Waals surface area contributed by atoms with E-state index in [1.54, 1.807) is 4.90 Å². The average Bonchev–Trinajstić information content (AvgIpc) is 3.09. The SMILES string of the molecule is Cn1cc(C(F)(F)C(=O)NCC2CCC3C(=O)N(C4CCC(=O)NC4=O)CC3C2)ccc1=O. The van der Waals surface area contributed by atoms with E-state index in [2.05, 4.69) is 10.6 Å². The number of hydrogen-bond acceptors (Lipinski definition) is 5. The first-order chi connectivity index (χ1) is 15.6. The molecule has 1 aromatic heterocycles. The van der Waals surface area contributed by atoms with Crippen molar-refractivity contribution in [3.8, 4) is 0 Å². The Bertz CT molecular complexity index is 1060. The molecule has 1 saturated carbocycles. The van der Waals surface area contributed by atoms with E-state index >= 15 is 0 Å². The van der Waals surface area contributed by atoms with Crippen LogP contribution in [0.15, 0.2) is 23.1 Å². The first-order valence-corrected chi connectivity index (χ1v) is 11.1. The molecule has 1 aromatic rings. The van der Waals surface area contributed by atoms with Gasteiger partial charge in [0.05, 0.1) is 0 Å². The summed E-state index contributed by atoms with van der Waals surface area (Å²) in [6.45, 7) is 0.435. The number of amides is 4. The van der Waals surface area contributed by atoms with Gasteiger partial charge in [-0.2, -0.15) is 8.78 Å². The van der Waals surface area contributed by atoms with E-state index in [9.17, 15) is 32.8 Å². The van der Waals surface area contributed by atoms with Crippen LogP contribution in [0.3, 0.4) is 0 Å². The van der Waals surface area contributed by atoms with Crippen molar-refractivity contribution in [1.29, 1.82) is 0 Å². The van der Waals surface area contributed by atoms with Gasteiger partial charge < -0.3 is 14.8 Å². The highest BCUT2D eigenvalue weighted by Crippen LogP contribution is 2.41. The number of nitrogens with one attached hydrogen (secondary N) is 2. The van der Waals surface area contributed by atoms with Crippen molar-refractivity contribution in [1.82, 2.24) is 20.1 Å². The Labute approximate surface area is 188 Å². The van der Waals surface area contributed by atoms with Gasteiger partial charge in [-0.1, -0.05) is 0 Å². The zero-order valence-corrected chi connectivity index (χ0v) is 18.2. The predicted octanol–water partition coefficient (Wildman–Crippen LogP) is 0.273.